The normalized spacial score (nSPS) is 11.2. The molecule has 1 rings (SSSR count). The summed E-state index contributed by atoms with van der Waals surface area (Å²) in [5.41, 5.74) is 0.765. The zero-order valence-corrected chi connectivity index (χ0v) is 12.6. The van der Waals surface area contributed by atoms with E-state index in [4.69, 9.17) is 35.4 Å². The van der Waals surface area contributed by atoms with E-state index < -0.39 is 0 Å². The first-order valence-corrected chi connectivity index (χ1v) is 6.80. The Morgan fingerprint density at radius 2 is 2.06 bits per heavy atom. The number of aliphatic imine (C=N–C) groups is 1. The van der Waals surface area contributed by atoms with Crippen molar-refractivity contribution in [2.75, 3.05) is 11.9 Å². The summed E-state index contributed by atoms with van der Waals surface area (Å²) >= 11 is 17.0. The van der Waals surface area contributed by atoms with Gasteiger partial charge in [0, 0.05) is 18.0 Å². The van der Waals surface area contributed by atoms with Crippen LogP contribution in [0.25, 0.3) is 0 Å². The van der Waals surface area contributed by atoms with Crippen molar-refractivity contribution in [1.82, 2.24) is 5.32 Å². The fourth-order valence-electron chi connectivity index (χ4n) is 1.26. The van der Waals surface area contributed by atoms with Crippen LogP contribution in [0.4, 0.5) is 5.69 Å². The summed E-state index contributed by atoms with van der Waals surface area (Å²) in [4.78, 5) is 4.28. The molecule has 1 aromatic rings. The molecule has 0 radical (unpaired) electrons. The molecule has 98 valence electrons. The number of nitrogens with zero attached hydrogens (tertiary/aromatic N) is 1. The first kappa shape index (κ1) is 15.2. The van der Waals surface area contributed by atoms with Gasteiger partial charge in [0.25, 0.3) is 0 Å². The topological polar surface area (TPSA) is 36.4 Å². The molecule has 0 bridgehead atoms. The van der Waals surface area contributed by atoms with Crippen LogP contribution in [0.3, 0.4) is 0 Å². The third kappa shape index (κ3) is 4.80. The van der Waals surface area contributed by atoms with Gasteiger partial charge in [0.2, 0.25) is 0 Å². The molecule has 6 heteroatoms. The Balaban J connectivity index is 2.82. The Morgan fingerprint density at radius 1 is 1.33 bits per heavy atom. The maximum absolute atomic E-state index is 6.08. The van der Waals surface area contributed by atoms with Crippen LogP contribution in [0.5, 0.6) is 0 Å². The van der Waals surface area contributed by atoms with Crippen LogP contribution in [-0.2, 0) is 0 Å². The Labute approximate surface area is 123 Å². The van der Waals surface area contributed by atoms with Crippen molar-refractivity contribution in [3.05, 3.63) is 28.2 Å². The molecule has 0 aliphatic rings. The van der Waals surface area contributed by atoms with Gasteiger partial charge < -0.3 is 10.6 Å². The van der Waals surface area contributed by atoms with Crippen LogP contribution < -0.4 is 10.6 Å². The number of benzene rings is 1. The van der Waals surface area contributed by atoms with Crippen molar-refractivity contribution in [1.29, 1.82) is 0 Å². The molecule has 18 heavy (non-hydrogen) atoms. The highest BCUT2D eigenvalue weighted by molar-refractivity contribution is 7.80. The molecule has 3 nitrogen and oxygen atoms in total. The van der Waals surface area contributed by atoms with Gasteiger partial charge in [0.1, 0.15) is 5.84 Å². The lowest BCUT2D eigenvalue weighted by Gasteiger charge is -2.10. The van der Waals surface area contributed by atoms with Crippen LogP contribution in [0.15, 0.2) is 23.2 Å². The SMILES string of the molecule is CCNC(=S)/N=C(\CC)Nc1ccc(Cl)cc1Cl. The number of hydrogen-bond acceptors (Lipinski definition) is 1. The van der Waals surface area contributed by atoms with Gasteiger partial charge in [-0.1, -0.05) is 30.1 Å². The van der Waals surface area contributed by atoms with Crippen molar-refractivity contribution in [3.8, 4) is 0 Å². The van der Waals surface area contributed by atoms with Crippen molar-refractivity contribution in [3.63, 3.8) is 0 Å². The zero-order chi connectivity index (χ0) is 13.5. The maximum Gasteiger partial charge on any atom is 0.194 e. The minimum Gasteiger partial charge on any atom is -0.361 e. The highest BCUT2D eigenvalue weighted by atomic mass is 35.5. The van der Waals surface area contributed by atoms with E-state index in [-0.39, 0.29) is 0 Å². The summed E-state index contributed by atoms with van der Waals surface area (Å²) in [6, 6.07) is 5.26. The largest absolute Gasteiger partial charge is 0.361 e. The minimum absolute atomic E-state index is 0.465. The van der Waals surface area contributed by atoms with E-state index in [1.54, 1.807) is 12.1 Å². The third-order valence-corrected chi connectivity index (χ3v) is 2.89. The Morgan fingerprint density at radius 3 is 2.61 bits per heavy atom. The van der Waals surface area contributed by atoms with Gasteiger partial charge in [0.05, 0.1) is 10.7 Å². The van der Waals surface area contributed by atoms with Crippen LogP contribution in [0, 0.1) is 0 Å². The molecule has 0 spiro atoms. The molecule has 0 unspecified atom stereocenters. The first-order chi connectivity index (χ1) is 8.56. The van der Waals surface area contributed by atoms with Gasteiger partial charge in [-0.3, -0.25) is 0 Å². The quantitative estimate of drug-likeness (QED) is 0.501. The number of nitrogens with one attached hydrogen (secondary N) is 2. The monoisotopic (exact) mass is 303 g/mol. The lowest BCUT2D eigenvalue weighted by atomic mass is 10.3. The number of hydrogen-bond donors (Lipinski definition) is 2. The highest BCUT2D eigenvalue weighted by Gasteiger charge is 2.04. The van der Waals surface area contributed by atoms with Gasteiger partial charge in [0.15, 0.2) is 5.11 Å². The second kappa shape index (κ2) is 7.56. The molecule has 0 aliphatic heterocycles. The second-order valence-electron chi connectivity index (χ2n) is 3.50. The maximum atomic E-state index is 6.08. The van der Waals surface area contributed by atoms with Crippen molar-refractivity contribution < 1.29 is 0 Å². The van der Waals surface area contributed by atoms with E-state index in [2.05, 4.69) is 15.6 Å². The summed E-state index contributed by atoms with van der Waals surface area (Å²) in [5.74, 6) is 0.755. The summed E-state index contributed by atoms with van der Waals surface area (Å²) < 4.78 is 0. The summed E-state index contributed by atoms with van der Waals surface area (Å²) in [7, 11) is 0. The highest BCUT2D eigenvalue weighted by Crippen LogP contribution is 2.25. The zero-order valence-electron chi connectivity index (χ0n) is 10.3. The van der Waals surface area contributed by atoms with E-state index in [9.17, 15) is 0 Å². The molecular formula is C12H15Cl2N3S. The summed E-state index contributed by atoms with van der Waals surface area (Å²) in [6.07, 6.45) is 0.727. The summed E-state index contributed by atoms with van der Waals surface area (Å²) in [5, 5.41) is 7.73. The Kier molecular flexibility index (Phi) is 6.39. The predicted octanol–water partition coefficient (Wildman–Crippen LogP) is 4.11. The molecular weight excluding hydrogens is 289 g/mol. The van der Waals surface area contributed by atoms with Crippen LogP contribution >= 0.6 is 35.4 Å². The molecule has 0 fully saturated rings. The fourth-order valence-corrected chi connectivity index (χ4v) is 1.97. The number of anilines is 1. The van der Waals surface area contributed by atoms with E-state index in [0.717, 1.165) is 24.5 Å². The smallest absolute Gasteiger partial charge is 0.194 e. The van der Waals surface area contributed by atoms with Crippen LogP contribution in [-0.4, -0.2) is 17.5 Å². The number of thiocarbonyl (C=S) groups is 1. The van der Waals surface area contributed by atoms with Crippen LogP contribution in [0.2, 0.25) is 10.0 Å². The first-order valence-electron chi connectivity index (χ1n) is 5.64. The summed E-state index contributed by atoms with van der Waals surface area (Å²) in [6.45, 7) is 4.71. The molecule has 1 aromatic carbocycles. The van der Waals surface area contributed by atoms with E-state index in [1.807, 2.05) is 19.9 Å². The molecule has 0 saturated heterocycles. The lowest BCUT2D eigenvalue weighted by Crippen LogP contribution is -2.22. The van der Waals surface area contributed by atoms with Crippen molar-refractivity contribution >= 4 is 52.1 Å². The molecule has 0 saturated carbocycles. The number of rotatable bonds is 3. The Hall–Kier alpha value is -0.840. The average molecular weight is 304 g/mol. The number of amidine groups is 1. The second-order valence-corrected chi connectivity index (χ2v) is 4.73. The molecule has 0 heterocycles. The van der Waals surface area contributed by atoms with Gasteiger partial charge in [-0.2, -0.15) is 0 Å². The molecule has 0 amide bonds. The van der Waals surface area contributed by atoms with Crippen LogP contribution in [0.1, 0.15) is 20.3 Å². The minimum atomic E-state index is 0.465. The van der Waals surface area contributed by atoms with Gasteiger partial charge in [-0.25, -0.2) is 4.99 Å². The molecule has 0 aliphatic carbocycles. The lowest BCUT2D eigenvalue weighted by molar-refractivity contribution is 0.971. The van der Waals surface area contributed by atoms with E-state index >= 15 is 0 Å². The predicted molar refractivity (Wildman–Crippen MR) is 84.1 cm³/mol. The van der Waals surface area contributed by atoms with Gasteiger partial charge in [-0.05, 0) is 37.3 Å². The number of halogens is 2. The van der Waals surface area contributed by atoms with E-state index in [1.165, 1.54) is 0 Å². The fraction of sp³-hybridized carbons (Fsp3) is 0.333. The molecule has 2 N–H and O–H groups in total. The Bertz CT molecular complexity index is 461. The standard InChI is InChI=1S/C12H15Cl2N3S/c1-3-11(17-12(18)15-4-2)16-10-6-5-8(13)7-9(10)14/h5-7H,3-4H2,1-2H3,(H2,15,16,17,18). The molecule has 0 aromatic heterocycles. The van der Waals surface area contributed by atoms with Gasteiger partial charge >= 0.3 is 0 Å². The van der Waals surface area contributed by atoms with Gasteiger partial charge in [-0.15, -0.1) is 0 Å². The average Bonchev–Trinajstić information content (AvgIpc) is 2.31. The van der Waals surface area contributed by atoms with Crippen molar-refractivity contribution in [2.24, 2.45) is 4.99 Å². The van der Waals surface area contributed by atoms with Crippen molar-refractivity contribution in [2.45, 2.75) is 20.3 Å². The van der Waals surface area contributed by atoms with E-state index in [0.29, 0.717) is 15.2 Å². The third-order valence-electron chi connectivity index (χ3n) is 2.11. The molecule has 0 atom stereocenters.